The van der Waals surface area contributed by atoms with Crippen LogP contribution in [0.5, 0.6) is 0 Å². The van der Waals surface area contributed by atoms with Crippen molar-refractivity contribution in [2.75, 3.05) is 22.8 Å². The van der Waals surface area contributed by atoms with E-state index >= 15 is 0 Å². The molecule has 0 fully saturated rings. The van der Waals surface area contributed by atoms with Crippen LogP contribution in [0.25, 0.3) is 0 Å². The second-order valence-corrected chi connectivity index (χ2v) is 9.63. The number of nitrogens with zero attached hydrogens (tertiary/aromatic N) is 4. The van der Waals surface area contributed by atoms with Crippen LogP contribution in [-0.4, -0.2) is 50.0 Å². The number of rotatable bonds is 7. The van der Waals surface area contributed by atoms with Gasteiger partial charge in [0.2, 0.25) is 5.91 Å². The van der Waals surface area contributed by atoms with E-state index in [0.29, 0.717) is 23.7 Å². The lowest BCUT2D eigenvalue weighted by Gasteiger charge is -2.25. The molecule has 3 aromatic rings. The first-order valence-corrected chi connectivity index (χ1v) is 12.3. The molecule has 0 bridgehead atoms. The summed E-state index contributed by atoms with van der Waals surface area (Å²) in [6.07, 6.45) is 4.48. The molecule has 2 N–H and O–H groups in total. The van der Waals surface area contributed by atoms with Crippen LogP contribution in [-0.2, 0) is 27.8 Å². The number of carbonyl (C=O) groups excluding carboxylic acids is 2. The third kappa shape index (κ3) is 5.57. The van der Waals surface area contributed by atoms with E-state index in [9.17, 15) is 26.8 Å². The highest BCUT2D eigenvalue weighted by Gasteiger charge is 2.33. The molecule has 0 saturated heterocycles. The van der Waals surface area contributed by atoms with E-state index in [4.69, 9.17) is 0 Å². The zero-order chi connectivity index (χ0) is 25.9. The number of amides is 3. The summed E-state index contributed by atoms with van der Waals surface area (Å²) in [4.78, 5) is 35.2. The van der Waals surface area contributed by atoms with Crippen LogP contribution in [0.1, 0.15) is 11.1 Å². The highest BCUT2D eigenvalue weighted by atomic mass is 32.2. The second-order valence-electron chi connectivity index (χ2n) is 8.03. The number of likely N-dealkylation sites (N-methyl/N-ethyl adjacent to an activating group) is 1. The number of hydrogen-bond donors (Lipinski definition) is 2. The Morgan fingerprint density at radius 1 is 1.14 bits per heavy atom. The van der Waals surface area contributed by atoms with Crippen LogP contribution in [0.2, 0.25) is 0 Å². The number of halogens is 2. The van der Waals surface area contributed by atoms with Gasteiger partial charge in [0.25, 0.3) is 0 Å². The van der Waals surface area contributed by atoms with Gasteiger partial charge in [0.1, 0.15) is 23.5 Å². The van der Waals surface area contributed by atoms with Gasteiger partial charge in [-0.15, -0.1) is 0 Å². The van der Waals surface area contributed by atoms with Crippen LogP contribution < -0.4 is 19.2 Å². The summed E-state index contributed by atoms with van der Waals surface area (Å²) in [5.74, 6) is -2.17. The molecule has 1 aliphatic heterocycles. The van der Waals surface area contributed by atoms with Crippen molar-refractivity contribution in [2.45, 2.75) is 18.9 Å². The van der Waals surface area contributed by atoms with E-state index in [0.717, 1.165) is 16.4 Å². The fourth-order valence-electron chi connectivity index (χ4n) is 3.85. The fraction of sp³-hybridized carbons (Fsp3) is 0.217. The lowest BCUT2D eigenvalue weighted by atomic mass is 10.0. The Bertz CT molecular complexity index is 1370. The van der Waals surface area contributed by atoms with E-state index in [1.807, 2.05) is 4.72 Å². The third-order valence-electron chi connectivity index (χ3n) is 5.53. The summed E-state index contributed by atoms with van der Waals surface area (Å²) in [7, 11) is -2.92. The Labute approximate surface area is 206 Å². The van der Waals surface area contributed by atoms with Crippen molar-refractivity contribution in [3.05, 3.63) is 83.8 Å². The molecule has 13 heteroatoms. The van der Waals surface area contributed by atoms with Crippen molar-refractivity contribution in [2.24, 2.45) is 0 Å². The largest absolute Gasteiger partial charge is 0.330 e. The summed E-state index contributed by atoms with van der Waals surface area (Å²) in [6, 6.07) is 6.80. The van der Waals surface area contributed by atoms with E-state index in [1.165, 1.54) is 30.5 Å². The van der Waals surface area contributed by atoms with Crippen LogP contribution in [0.3, 0.4) is 0 Å². The van der Waals surface area contributed by atoms with Crippen molar-refractivity contribution in [1.29, 1.82) is 0 Å². The van der Waals surface area contributed by atoms with Crippen molar-refractivity contribution >= 4 is 33.7 Å². The molecule has 1 atom stereocenters. The summed E-state index contributed by atoms with van der Waals surface area (Å²) in [6.45, 7) is 0.0869. The minimum Gasteiger partial charge on any atom is -0.325 e. The summed E-state index contributed by atoms with van der Waals surface area (Å²) in [5.41, 5.74) is 1.20. The van der Waals surface area contributed by atoms with E-state index in [2.05, 4.69) is 15.3 Å². The Hall–Kier alpha value is -4.13. The number of anilines is 2. The topological polar surface area (TPSA) is 125 Å². The predicted molar refractivity (Wildman–Crippen MR) is 127 cm³/mol. The lowest BCUT2D eigenvalue weighted by molar-refractivity contribution is -0.120. The molecule has 10 nitrogen and oxygen atoms in total. The smallest absolute Gasteiger partial charge is 0.325 e. The number of nitrogens with one attached hydrogen (secondary N) is 2. The maximum atomic E-state index is 13.7. The van der Waals surface area contributed by atoms with Gasteiger partial charge in [0.05, 0.1) is 11.9 Å². The lowest BCUT2D eigenvalue weighted by Crippen LogP contribution is -2.54. The third-order valence-corrected chi connectivity index (χ3v) is 6.91. The molecule has 3 amide bonds. The Morgan fingerprint density at radius 3 is 2.56 bits per heavy atom. The van der Waals surface area contributed by atoms with Gasteiger partial charge in [-0.2, -0.15) is 8.42 Å². The highest BCUT2D eigenvalue weighted by molar-refractivity contribution is 7.91. The van der Waals surface area contributed by atoms with Gasteiger partial charge >= 0.3 is 16.2 Å². The van der Waals surface area contributed by atoms with Gasteiger partial charge in [-0.25, -0.2) is 27.6 Å². The highest BCUT2D eigenvalue weighted by Crippen LogP contribution is 2.26. The zero-order valence-electron chi connectivity index (χ0n) is 19.1. The summed E-state index contributed by atoms with van der Waals surface area (Å²) >= 11 is 0. The first-order chi connectivity index (χ1) is 17.1. The summed E-state index contributed by atoms with van der Waals surface area (Å²) in [5, 5.41) is 2.33. The number of pyridine rings is 2. The van der Waals surface area contributed by atoms with Crippen molar-refractivity contribution < 1.29 is 26.8 Å². The monoisotopic (exact) mass is 516 g/mol. The van der Waals surface area contributed by atoms with E-state index < -0.39 is 39.8 Å². The normalized spacial score (nSPS) is 13.6. The quantitative estimate of drug-likeness (QED) is 0.495. The van der Waals surface area contributed by atoms with Crippen LogP contribution in [0.15, 0.2) is 61.1 Å². The first kappa shape index (κ1) is 25.0. The van der Waals surface area contributed by atoms with Crippen LogP contribution in [0, 0.1) is 11.6 Å². The second kappa shape index (κ2) is 10.2. The number of aromatic nitrogens is 2. The van der Waals surface area contributed by atoms with Crippen LogP contribution in [0.4, 0.5) is 25.1 Å². The number of fused-ring (bicyclic) bond motifs is 1. The standard InChI is InChI=1S/C23H22F2N6O4S/c1-30(19-5-3-7-26-14-19)22(32)20(12-15-10-17(24)13-18(25)11-15)28-23(33)29-36(34,35)31-9-6-16-4-2-8-27-21(16)31/h2-5,7-8,10-11,13-14,20H,6,9,12H2,1H3,(H2,28,29,33)/t20-/m0/s1. The maximum absolute atomic E-state index is 13.7. The van der Waals surface area contributed by atoms with Gasteiger partial charge in [0.15, 0.2) is 0 Å². The van der Waals surface area contributed by atoms with Gasteiger partial charge in [0, 0.05) is 38.5 Å². The predicted octanol–water partition coefficient (Wildman–Crippen LogP) is 1.94. The maximum Gasteiger partial charge on any atom is 0.330 e. The SMILES string of the molecule is CN(C(=O)[C@H](Cc1cc(F)cc(F)c1)NC(=O)NS(=O)(=O)N1CCc2cccnc21)c1cccnc1. The van der Waals surface area contributed by atoms with Crippen LogP contribution >= 0.6 is 0 Å². The van der Waals surface area contributed by atoms with E-state index in [-0.39, 0.29) is 24.3 Å². The number of carbonyl (C=O) groups is 2. The van der Waals surface area contributed by atoms with Gasteiger partial charge in [-0.1, -0.05) is 6.07 Å². The van der Waals surface area contributed by atoms with Gasteiger partial charge < -0.3 is 10.2 Å². The first-order valence-electron chi connectivity index (χ1n) is 10.8. The molecular formula is C23H22F2N6O4S. The van der Waals surface area contributed by atoms with E-state index in [1.54, 1.807) is 24.3 Å². The average Bonchev–Trinajstić information content (AvgIpc) is 3.27. The molecule has 188 valence electrons. The molecule has 0 aliphatic carbocycles. The minimum absolute atomic E-state index is 0.0869. The zero-order valence-corrected chi connectivity index (χ0v) is 19.9. The molecule has 2 aromatic heterocycles. The van der Waals surface area contributed by atoms with Crippen molar-refractivity contribution in [3.8, 4) is 0 Å². The Balaban J connectivity index is 1.55. The number of benzene rings is 1. The fourth-order valence-corrected chi connectivity index (χ4v) is 4.98. The Kier molecular flexibility index (Phi) is 7.10. The molecule has 0 unspecified atom stereocenters. The number of hydrogen-bond acceptors (Lipinski definition) is 6. The molecule has 1 aromatic carbocycles. The summed E-state index contributed by atoms with van der Waals surface area (Å²) < 4.78 is 56.1. The molecule has 4 rings (SSSR count). The van der Waals surface area contributed by atoms with Gasteiger partial charge in [-0.3, -0.25) is 9.78 Å². The minimum atomic E-state index is -4.35. The van der Waals surface area contributed by atoms with Crippen molar-refractivity contribution in [3.63, 3.8) is 0 Å². The number of urea groups is 1. The molecule has 1 aliphatic rings. The molecular weight excluding hydrogens is 494 g/mol. The molecule has 3 heterocycles. The molecule has 36 heavy (non-hydrogen) atoms. The van der Waals surface area contributed by atoms with Crippen molar-refractivity contribution in [1.82, 2.24) is 20.0 Å². The van der Waals surface area contributed by atoms with Gasteiger partial charge in [-0.05, 0) is 47.9 Å². The molecule has 0 saturated carbocycles. The molecule has 0 radical (unpaired) electrons. The average molecular weight is 517 g/mol. The Morgan fingerprint density at radius 2 is 1.86 bits per heavy atom. The molecule has 0 spiro atoms.